The Kier molecular flexibility index (Phi) is 5.00. The highest BCUT2D eigenvalue weighted by Gasteiger charge is 2.25. The first kappa shape index (κ1) is 16.0. The first-order valence-corrected chi connectivity index (χ1v) is 7.86. The lowest BCUT2D eigenvalue weighted by atomic mass is 10.2. The number of benzene rings is 1. The molecule has 1 aliphatic rings. The number of rotatable bonds is 5. The maximum absolute atomic E-state index is 6.02. The minimum Gasteiger partial charge on any atom is -0.495 e. The van der Waals surface area contributed by atoms with Crippen LogP contribution in [-0.2, 0) is 6.54 Å². The third-order valence-electron chi connectivity index (χ3n) is 3.88. The molecule has 23 heavy (non-hydrogen) atoms. The topological polar surface area (TPSA) is 75.5 Å². The first-order chi connectivity index (χ1) is 11.2. The van der Waals surface area contributed by atoms with Gasteiger partial charge in [0.2, 0.25) is 5.89 Å². The van der Waals surface area contributed by atoms with Gasteiger partial charge in [-0.05, 0) is 25.2 Å². The van der Waals surface area contributed by atoms with Crippen LogP contribution in [0.3, 0.4) is 0 Å². The van der Waals surface area contributed by atoms with Gasteiger partial charge < -0.3 is 19.9 Å². The Labute approximate surface area is 139 Å². The molecule has 2 aromatic rings. The molecular formula is C15H20ClN5O2. The van der Waals surface area contributed by atoms with E-state index in [2.05, 4.69) is 32.7 Å². The molecule has 0 radical (unpaired) electrons. The van der Waals surface area contributed by atoms with Crippen LogP contribution in [0.15, 0.2) is 22.7 Å². The average molecular weight is 338 g/mol. The summed E-state index contributed by atoms with van der Waals surface area (Å²) in [6.45, 7) is 3.18. The molecule has 0 bridgehead atoms. The Morgan fingerprint density at radius 2 is 2.39 bits per heavy atom. The van der Waals surface area contributed by atoms with Crippen molar-refractivity contribution in [3.8, 4) is 5.75 Å². The molecule has 7 nitrogen and oxygen atoms in total. The number of halogens is 1. The van der Waals surface area contributed by atoms with Crippen molar-refractivity contribution in [3.63, 3.8) is 0 Å². The molecule has 1 aromatic heterocycles. The minimum absolute atomic E-state index is 0.141. The van der Waals surface area contributed by atoms with Crippen molar-refractivity contribution in [2.75, 3.05) is 39.1 Å². The maximum Gasteiger partial charge on any atom is 0.246 e. The van der Waals surface area contributed by atoms with Gasteiger partial charge in [0.25, 0.3) is 0 Å². The van der Waals surface area contributed by atoms with Crippen molar-refractivity contribution < 1.29 is 9.26 Å². The molecule has 3 rings (SSSR count). The van der Waals surface area contributed by atoms with Gasteiger partial charge in [-0.3, -0.25) is 4.90 Å². The van der Waals surface area contributed by atoms with Crippen LogP contribution in [0.1, 0.15) is 17.8 Å². The summed E-state index contributed by atoms with van der Waals surface area (Å²) in [6.07, 6.45) is 0. The Morgan fingerprint density at radius 3 is 3.17 bits per heavy atom. The second kappa shape index (κ2) is 7.16. The third-order valence-corrected chi connectivity index (χ3v) is 4.12. The monoisotopic (exact) mass is 337 g/mol. The van der Waals surface area contributed by atoms with Crippen LogP contribution in [0.25, 0.3) is 0 Å². The summed E-state index contributed by atoms with van der Waals surface area (Å²) < 4.78 is 10.6. The molecule has 2 N–H and O–H groups in total. The second-order valence-electron chi connectivity index (χ2n) is 5.45. The van der Waals surface area contributed by atoms with E-state index in [-0.39, 0.29) is 6.04 Å². The molecule has 1 atom stereocenters. The van der Waals surface area contributed by atoms with E-state index in [0.29, 0.717) is 29.0 Å². The molecular weight excluding hydrogens is 318 g/mol. The summed E-state index contributed by atoms with van der Waals surface area (Å²) in [5, 5.41) is 11.3. The number of likely N-dealkylation sites (N-methyl/N-ethyl adjacent to an activating group) is 1. The quantitative estimate of drug-likeness (QED) is 0.863. The fourth-order valence-electron chi connectivity index (χ4n) is 2.56. The van der Waals surface area contributed by atoms with Crippen molar-refractivity contribution >= 4 is 17.3 Å². The van der Waals surface area contributed by atoms with Gasteiger partial charge in [-0.25, -0.2) is 0 Å². The van der Waals surface area contributed by atoms with E-state index >= 15 is 0 Å². The fourth-order valence-corrected chi connectivity index (χ4v) is 2.73. The number of anilines is 1. The lowest BCUT2D eigenvalue weighted by Gasteiger charge is -2.30. The predicted octanol–water partition coefficient (Wildman–Crippen LogP) is 1.92. The van der Waals surface area contributed by atoms with Gasteiger partial charge in [0, 0.05) is 24.7 Å². The molecule has 1 unspecified atom stereocenters. The summed E-state index contributed by atoms with van der Waals surface area (Å²) in [5.74, 6) is 1.95. The molecule has 124 valence electrons. The zero-order valence-electron chi connectivity index (χ0n) is 13.2. The van der Waals surface area contributed by atoms with E-state index < -0.39 is 0 Å². The van der Waals surface area contributed by atoms with Gasteiger partial charge >= 0.3 is 0 Å². The highest BCUT2D eigenvalue weighted by molar-refractivity contribution is 6.30. The lowest BCUT2D eigenvalue weighted by Crippen LogP contribution is -2.44. The number of nitrogens with zero attached hydrogens (tertiary/aromatic N) is 3. The fraction of sp³-hybridized carbons (Fsp3) is 0.467. The maximum atomic E-state index is 6.02. The molecule has 1 aliphatic heterocycles. The van der Waals surface area contributed by atoms with Crippen LogP contribution in [0.4, 0.5) is 5.69 Å². The molecule has 2 heterocycles. The van der Waals surface area contributed by atoms with Crippen molar-refractivity contribution in [1.82, 2.24) is 20.4 Å². The van der Waals surface area contributed by atoms with E-state index in [0.717, 1.165) is 25.3 Å². The lowest BCUT2D eigenvalue weighted by molar-refractivity contribution is 0.190. The van der Waals surface area contributed by atoms with E-state index in [1.807, 2.05) is 6.07 Å². The number of piperazine rings is 1. The average Bonchev–Trinajstić information content (AvgIpc) is 3.02. The number of methoxy groups -OCH3 is 1. The molecule has 8 heteroatoms. The zero-order chi connectivity index (χ0) is 16.2. The Hall–Kier alpha value is -1.83. The van der Waals surface area contributed by atoms with Gasteiger partial charge in [0.1, 0.15) is 5.75 Å². The van der Waals surface area contributed by atoms with Crippen LogP contribution < -0.4 is 15.4 Å². The van der Waals surface area contributed by atoms with E-state index in [4.69, 9.17) is 20.9 Å². The number of nitrogens with one attached hydrogen (secondary N) is 2. The van der Waals surface area contributed by atoms with E-state index in [1.165, 1.54) is 0 Å². The molecule has 1 fully saturated rings. The van der Waals surface area contributed by atoms with Crippen LogP contribution >= 0.6 is 11.6 Å². The Bertz CT molecular complexity index is 663. The Morgan fingerprint density at radius 1 is 1.52 bits per heavy atom. The molecule has 0 aliphatic carbocycles. The Balaban J connectivity index is 1.66. The highest BCUT2D eigenvalue weighted by atomic mass is 35.5. The zero-order valence-corrected chi connectivity index (χ0v) is 13.9. The summed E-state index contributed by atoms with van der Waals surface area (Å²) in [6, 6.07) is 5.53. The van der Waals surface area contributed by atoms with Crippen LogP contribution in [0, 0.1) is 0 Å². The normalized spacial score (nSPS) is 18.8. The van der Waals surface area contributed by atoms with Gasteiger partial charge in [0.15, 0.2) is 5.82 Å². The SMILES string of the molecule is COc1ccc(Cl)cc1NCc1nc(C2CNCCN2C)no1. The summed E-state index contributed by atoms with van der Waals surface area (Å²) >= 11 is 6.02. The third kappa shape index (κ3) is 3.74. The van der Waals surface area contributed by atoms with Crippen molar-refractivity contribution in [2.24, 2.45) is 0 Å². The predicted molar refractivity (Wildman–Crippen MR) is 87.9 cm³/mol. The van der Waals surface area contributed by atoms with E-state index in [1.54, 1.807) is 19.2 Å². The van der Waals surface area contributed by atoms with Crippen LogP contribution in [0.2, 0.25) is 5.02 Å². The molecule has 0 amide bonds. The summed E-state index contributed by atoms with van der Waals surface area (Å²) in [4.78, 5) is 6.70. The number of hydrogen-bond donors (Lipinski definition) is 2. The first-order valence-electron chi connectivity index (χ1n) is 7.48. The summed E-state index contributed by atoms with van der Waals surface area (Å²) in [5.41, 5.74) is 0.788. The second-order valence-corrected chi connectivity index (χ2v) is 5.88. The van der Waals surface area contributed by atoms with Crippen molar-refractivity contribution in [3.05, 3.63) is 34.9 Å². The molecule has 1 aromatic carbocycles. The van der Waals surface area contributed by atoms with Crippen LogP contribution in [0.5, 0.6) is 5.75 Å². The van der Waals surface area contributed by atoms with Crippen molar-refractivity contribution in [1.29, 1.82) is 0 Å². The van der Waals surface area contributed by atoms with Gasteiger partial charge in [-0.15, -0.1) is 0 Å². The van der Waals surface area contributed by atoms with Crippen molar-refractivity contribution in [2.45, 2.75) is 12.6 Å². The largest absolute Gasteiger partial charge is 0.495 e. The molecule has 0 spiro atoms. The van der Waals surface area contributed by atoms with Gasteiger partial charge in [-0.1, -0.05) is 16.8 Å². The smallest absolute Gasteiger partial charge is 0.246 e. The van der Waals surface area contributed by atoms with Gasteiger partial charge in [-0.2, -0.15) is 4.98 Å². The van der Waals surface area contributed by atoms with Gasteiger partial charge in [0.05, 0.1) is 25.4 Å². The number of hydrogen-bond acceptors (Lipinski definition) is 7. The minimum atomic E-state index is 0.141. The highest BCUT2D eigenvalue weighted by Crippen LogP contribution is 2.28. The molecule has 1 saturated heterocycles. The molecule has 0 saturated carbocycles. The number of aromatic nitrogens is 2. The summed E-state index contributed by atoms with van der Waals surface area (Å²) in [7, 11) is 3.68. The number of ether oxygens (including phenoxy) is 1. The van der Waals surface area contributed by atoms with E-state index in [9.17, 15) is 0 Å². The van der Waals surface area contributed by atoms with Crippen LogP contribution in [-0.4, -0.2) is 48.8 Å². The standard InChI is InChI=1S/C15H20ClN5O2/c1-21-6-5-17-8-12(21)15-19-14(23-20-15)9-18-11-7-10(16)3-4-13(11)22-2/h3-4,7,12,17-18H,5-6,8-9H2,1-2H3.